The molecule has 1 saturated heterocycles. The molecule has 7 heteroatoms. The van der Waals surface area contributed by atoms with Gasteiger partial charge >= 0.3 is 0 Å². The first-order valence-electron chi connectivity index (χ1n) is 9.58. The molecule has 0 atom stereocenters. The second kappa shape index (κ2) is 6.83. The second-order valence-electron chi connectivity index (χ2n) is 7.08. The van der Waals surface area contributed by atoms with Gasteiger partial charge < -0.3 is 14.8 Å². The van der Waals surface area contributed by atoms with Gasteiger partial charge in [0, 0.05) is 49.5 Å². The summed E-state index contributed by atoms with van der Waals surface area (Å²) < 4.78 is 15.0. The Bertz CT molecular complexity index is 1130. The molecule has 4 aromatic rings. The highest BCUT2D eigenvalue weighted by molar-refractivity contribution is 6.12. The summed E-state index contributed by atoms with van der Waals surface area (Å²) in [6.07, 6.45) is 6.62. The lowest BCUT2D eigenvalue weighted by Crippen LogP contribution is -2.46. The van der Waals surface area contributed by atoms with E-state index in [2.05, 4.69) is 36.7 Å². The predicted octanol–water partition coefficient (Wildman–Crippen LogP) is 3.45. The zero-order valence-corrected chi connectivity index (χ0v) is 15.7. The highest BCUT2D eigenvalue weighted by Gasteiger charge is 2.23. The Morgan fingerprint density at radius 2 is 1.96 bits per heavy atom. The maximum Gasteiger partial charge on any atom is 0.165 e. The number of fused-ring (bicyclic) bond motifs is 3. The molecule has 5 rings (SSSR count). The lowest BCUT2D eigenvalue weighted by molar-refractivity contribution is 0.270. The third-order valence-corrected chi connectivity index (χ3v) is 5.53. The van der Waals surface area contributed by atoms with E-state index in [4.69, 9.17) is 0 Å². The molecule has 142 valence electrons. The van der Waals surface area contributed by atoms with E-state index in [1.807, 2.05) is 18.2 Å². The second-order valence-corrected chi connectivity index (χ2v) is 7.08. The van der Waals surface area contributed by atoms with Crippen LogP contribution in [0.25, 0.3) is 33.2 Å². The minimum atomic E-state index is -0.280. The number of halogens is 1. The Labute approximate surface area is 162 Å². The molecule has 0 saturated carbocycles. The van der Waals surface area contributed by atoms with E-state index in [0.29, 0.717) is 11.3 Å². The van der Waals surface area contributed by atoms with E-state index >= 15 is 0 Å². The molecule has 4 aromatic heterocycles. The number of rotatable bonds is 3. The SMILES string of the molecule is CCN1CCN(c2c(F)cnc3[nH]c4cnc(-c5cccnc5)cc4c23)CC1. The first-order chi connectivity index (χ1) is 13.7. The van der Waals surface area contributed by atoms with Gasteiger partial charge in [-0.1, -0.05) is 6.92 Å². The molecule has 6 nitrogen and oxygen atoms in total. The summed E-state index contributed by atoms with van der Waals surface area (Å²) in [6, 6.07) is 5.86. The first-order valence-corrected chi connectivity index (χ1v) is 9.58. The van der Waals surface area contributed by atoms with E-state index in [1.165, 1.54) is 6.20 Å². The number of aromatic amines is 1. The van der Waals surface area contributed by atoms with Crippen molar-refractivity contribution in [3.8, 4) is 11.3 Å². The predicted molar refractivity (Wildman–Crippen MR) is 109 cm³/mol. The average molecular weight is 376 g/mol. The van der Waals surface area contributed by atoms with Gasteiger partial charge in [0.05, 0.1) is 34.7 Å². The maximum atomic E-state index is 15.0. The molecule has 1 aliphatic heterocycles. The zero-order valence-electron chi connectivity index (χ0n) is 15.7. The molecule has 0 spiro atoms. The minimum absolute atomic E-state index is 0.280. The molecule has 28 heavy (non-hydrogen) atoms. The number of hydrogen-bond acceptors (Lipinski definition) is 5. The highest BCUT2D eigenvalue weighted by Crippen LogP contribution is 2.36. The van der Waals surface area contributed by atoms with Gasteiger partial charge in [-0.3, -0.25) is 9.97 Å². The Hall–Kier alpha value is -3.06. The van der Waals surface area contributed by atoms with Gasteiger partial charge in [0.2, 0.25) is 0 Å². The molecule has 5 heterocycles. The van der Waals surface area contributed by atoms with Crippen molar-refractivity contribution >= 4 is 27.6 Å². The molecule has 0 amide bonds. The van der Waals surface area contributed by atoms with Crippen molar-refractivity contribution in [1.29, 1.82) is 0 Å². The molecule has 1 N–H and O–H groups in total. The summed E-state index contributed by atoms with van der Waals surface area (Å²) in [4.78, 5) is 20.8. The quantitative estimate of drug-likeness (QED) is 0.593. The van der Waals surface area contributed by atoms with Crippen LogP contribution in [0.3, 0.4) is 0 Å². The van der Waals surface area contributed by atoms with Gasteiger partial charge in [-0.15, -0.1) is 0 Å². The Kier molecular flexibility index (Phi) is 4.16. The molecular weight excluding hydrogens is 355 g/mol. The average Bonchev–Trinajstić information content (AvgIpc) is 3.12. The fourth-order valence-electron chi connectivity index (χ4n) is 3.99. The smallest absolute Gasteiger partial charge is 0.165 e. The van der Waals surface area contributed by atoms with E-state index in [0.717, 1.165) is 60.3 Å². The number of nitrogens with zero attached hydrogens (tertiary/aromatic N) is 5. The van der Waals surface area contributed by atoms with Gasteiger partial charge in [-0.25, -0.2) is 9.37 Å². The van der Waals surface area contributed by atoms with Crippen LogP contribution >= 0.6 is 0 Å². The van der Waals surface area contributed by atoms with E-state index in [1.54, 1.807) is 18.6 Å². The zero-order chi connectivity index (χ0) is 19.1. The minimum Gasteiger partial charge on any atom is -0.366 e. The van der Waals surface area contributed by atoms with Gasteiger partial charge in [-0.05, 0) is 24.7 Å². The van der Waals surface area contributed by atoms with E-state index in [-0.39, 0.29) is 5.82 Å². The van der Waals surface area contributed by atoms with Gasteiger partial charge in [-0.2, -0.15) is 0 Å². The molecule has 1 aliphatic rings. The molecule has 0 bridgehead atoms. The van der Waals surface area contributed by atoms with Crippen molar-refractivity contribution in [2.75, 3.05) is 37.6 Å². The van der Waals surface area contributed by atoms with Crippen LogP contribution in [0, 0.1) is 5.82 Å². The Balaban J connectivity index is 1.68. The number of aromatic nitrogens is 4. The van der Waals surface area contributed by atoms with Crippen molar-refractivity contribution < 1.29 is 4.39 Å². The van der Waals surface area contributed by atoms with Crippen LogP contribution in [0.1, 0.15) is 6.92 Å². The molecule has 0 aromatic carbocycles. The van der Waals surface area contributed by atoms with Gasteiger partial charge in [0.15, 0.2) is 5.82 Å². The van der Waals surface area contributed by atoms with Crippen LogP contribution in [0.5, 0.6) is 0 Å². The normalized spacial score (nSPS) is 15.6. The number of likely N-dealkylation sites (N-methyl/N-ethyl adjacent to an activating group) is 1. The molecule has 0 radical (unpaired) electrons. The summed E-state index contributed by atoms with van der Waals surface area (Å²) in [5.41, 5.74) is 3.92. The third kappa shape index (κ3) is 2.79. The highest BCUT2D eigenvalue weighted by atomic mass is 19.1. The van der Waals surface area contributed by atoms with E-state index in [9.17, 15) is 4.39 Å². The van der Waals surface area contributed by atoms with Crippen LogP contribution in [0.15, 0.2) is 43.0 Å². The topological polar surface area (TPSA) is 60.9 Å². The van der Waals surface area contributed by atoms with Crippen molar-refractivity contribution in [3.05, 3.63) is 48.8 Å². The molecule has 0 unspecified atom stereocenters. The summed E-state index contributed by atoms with van der Waals surface area (Å²) >= 11 is 0. The Morgan fingerprint density at radius 1 is 1.11 bits per heavy atom. The van der Waals surface area contributed by atoms with Crippen LogP contribution in [0.4, 0.5) is 10.1 Å². The number of pyridine rings is 3. The summed E-state index contributed by atoms with van der Waals surface area (Å²) in [5, 5.41) is 1.76. The number of H-pyrrole nitrogens is 1. The van der Waals surface area contributed by atoms with Crippen LogP contribution in [-0.4, -0.2) is 57.6 Å². The summed E-state index contributed by atoms with van der Waals surface area (Å²) in [7, 11) is 0. The van der Waals surface area contributed by atoms with Gasteiger partial charge in [0.25, 0.3) is 0 Å². The lowest BCUT2D eigenvalue weighted by Gasteiger charge is -2.35. The first kappa shape index (κ1) is 17.1. The maximum absolute atomic E-state index is 15.0. The monoisotopic (exact) mass is 376 g/mol. The largest absolute Gasteiger partial charge is 0.366 e. The van der Waals surface area contributed by atoms with Crippen LogP contribution in [0.2, 0.25) is 0 Å². The number of piperazine rings is 1. The van der Waals surface area contributed by atoms with Gasteiger partial charge in [0.1, 0.15) is 5.65 Å². The van der Waals surface area contributed by atoms with Crippen molar-refractivity contribution in [1.82, 2.24) is 24.8 Å². The lowest BCUT2D eigenvalue weighted by atomic mass is 10.1. The number of hydrogen-bond donors (Lipinski definition) is 1. The van der Waals surface area contributed by atoms with Crippen LogP contribution < -0.4 is 4.90 Å². The standard InChI is InChI=1S/C21H21FN6/c1-2-27-6-8-28(9-7-27)20-16(22)12-25-21-19(20)15-10-17(24-13-18(15)26-21)14-4-3-5-23-11-14/h3-5,10-13H,2,6-9H2,1H3,(H,25,26). The van der Waals surface area contributed by atoms with E-state index < -0.39 is 0 Å². The van der Waals surface area contributed by atoms with Crippen molar-refractivity contribution in [2.24, 2.45) is 0 Å². The Morgan fingerprint density at radius 3 is 2.71 bits per heavy atom. The fourth-order valence-corrected chi connectivity index (χ4v) is 3.99. The van der Waals surface area contributed by atoms with Crippen LogP contribution in [-0.2, 0) is 0 Å². The fraction of sp³-hybridized carbons (Fsp3) is 0.286. The number of anilines is 1. The molecule has 0 aliphatic carbocycles. The number of nitrogens with one attached hydrogen (secondary N) is 1. The van der Waals surface area contributed by atoms with Crippen molar-refractivity contribution in [3.63, 3.8) is 0 Å². The third-order valence-electron chi connectivity index (χ3n) is 5.53. The molecule has 1 fully saturated rings. The summed E-state index contributed by atoms with van der Waals surface area (Å²) in [5.74, 6) is -0.280. The molecular formula is C21H21FN6. The van der Waals surface area contributed by atoms with Crippen molar-refractivity contribution in [2.45, 2.75) is 6.92 Å². The summed E-state index contributed by atoms with van der Waals surface area (Å²) in [6.45, 7) is 6.66.